The number of carbonyl (C=O) groups is 1. The fourth-order valence-electron chi connectivity index (χ4n) is 2.76. The molecule has 0 amide bonds. The van der Waals surface area contributed by atoms with Crippen molar-refractivity contribution in [1.29, 1.82) is 0 Å². The number of carbonyl (C=O) groups excluding carboxylic acids is 1. The molecule has 2 aromatic rings. The maximum atomic E-state index is 12.7. The number of aromatic nitrogens is 1. The van der Waals surface area contributed by atoms with Gasteiger partial charge in [0.2, 0.25) is 5.43 Å². The van der Waals surface area contributed by atoms with Crippen LogP contribution in [0.1, 0.15) is 10.4 Å². The van der Waals surface area contributed by atoms with Crippen molar-refractivity contribution in [3.8, 4) is 11.5 Å². The molecule has 24 heavy (non-hydrogen) atoms. The lowest BCUT2D eigenvalue weighted by molar-refractivity contribution is 0.0598. The van der Waals surface area contributed by atoms with Crippen LogP contribution in [0.3, 0.4) is 0 Å². The van der Waals surface area contributed by atoms with Crippen LogP contribution in [0.4, 0.5) is 0 Å². The van der Waals surface area contributed by atoms with Crippen LogP contribution in [-0.2, 0) is 4.74 Å². The molecule has 5 nitrogen and oxygen atoms in total. The van der Waals surface area contributed by atoms with Gasteiger partial charge in [-0.3, -0.25) is 4.79 Å². The summed E-state index contributed by atoms with van der Waals surface area (Å²) in [4.78, 5) is 29.4. The largest absolute Gasteiger partial charge is 0.465 e. The minimum atomic E-state index is -0.755. The van der Waals surface area contributed by atoms with Gasteiger partial charge < -0.3 is 9.15 Å². The summed E-state index contributed by atoms with van der Waals surface area (Å²) >= 11 is 6.01. The summed E-state index contributed by atoms with van der Waals surface area (Å²) in [5, 5.41) is 1.51. The van der Waals surface area contributed by atoms with Gasteiger partial charge in [-0.25, -0.2) is 9.78 Å². The van der Waals surface area contributed by atoms with Gasteiger partial charge in [-0.05, 0) is 18.2 Å². The second kappa shape index (κ2) is 5.32. The van der Waals surface area contributed by atoms with Crippen molar-refractivity contribution in [2.24, 2.45) is 0 Å². The van der Waals surface area contributed by atoms with Crippen LogP contribution >= 0.6 is 11.6 Å². The molecule has 0 radical (unpaired) electrons. The summed E-state index contributed by atoms with van der Waals surface area (Å²) in [6.07, 6.45) is 0. The van der Waals surface area contributed by atoms with Gasteiger partial charge in [0, 0.05) is 15.8 Å². The summed E-state index contributed by atoms with van der Waals surface area (Å²) in [7, 11) is 1.22. The number of fused-ring (bicyclic) bond motifs is 4. The van der Waals surface area contributed by atoms with E-state index in [1.807, 2.05) is 0 Å². The Morgan fingerprint density at radius 2 is 1.92 bits per heavy atom. The van der Waals surface area contributed by atoms with E-state index < -0.39 is 11.4 Å². The normalized spacial score (nSPS) is 11.2. The van der Waals surface area contributed by atoms with Crippen molar-refractivity contribution in [3.05, 3.63) is 63.3 Å². The maximum absolute atomic E-state index is 12.7. The van der Waals surface area contributed by atoms with Gasteiger partial charge in [-0.15, -0.1) is 0 Å². The topological polar surface area (TPSA) is 69.4 Å². The Balaban J connectivity index is 2.28. The van der Waals surface area contributed by atoms with E-state index in [0.29, 0.717) is 32.6 Å². The number of halogens is 1. The molecule has 0 fully saturated rings. The SMILES string of the molecule is COC(=O)c1c2oc3ccc(Cl)cc3nc-2c2ccccc2c1=O. The minimum Gasteiger partial charge on any atom is -0.465 e. The molecule has 2 aromatic carbocycles. The first-order valence-electron chi connectivity index (χ1n) is 7.13. The lowest BCUT2D eigenvalue weighted by atomic mass is 9.99. The fraction of sp³-hybridized carbons (Fsp3) is 0.0556. The molecule has 0 unspecified atom stereocenters. The molecule has 2 aliphatic rings. The average molecular weight is 340 g/mol. The minimum absolute atomic E-state index is 0.111. The number of benzene rings is 3. The van der Waals surface area contributed by atoms with E-state index in [2.05, 4.69) is 4.98 Å². The van der Waals surface area contributed by atoms with Crippen molar-refractivity contribution >= 4 is 39.4 Å². The van der Waals surface area contributed by atoms with Crippen LogP contribution in [0.25, 0.3) is 33.3 Å². The Morgan fingerprint density at radius 1 is 1.17 bits per heavy atom. The number of methoxy groups -OCH3 is 1. The Hall–Kier alpha value is -2.92. The van der Waals surface area contributed by atoms with Crippen LogP contribution in [0.15, 0.2) is 51.7 Å². The van der Waals surface area contributed by atoms with Gasteiger partial charge in [0.15, 0.2) is 16.9 Å². The number of hydrogen-bond donors (Lipinski definition) is 0. The Kier molecular flexibility index (Phi) is 3.25. The van der Waals surface area contributed by atoms with Crippen molar-refractivity contribution in [2.75, 3.05) is 7.11 Å². The van der Waals surface area contributed by atoms with Crippen molar-refractivity contribution in [1.82, 2.24) is 4.98 Å². The molecule has 0 saturated carbocycles. The second-order valence-electron chi connectivity index (χ2n) is 5.24. The molecular weight excluding hydrogens is 330 g/mol. The van der Waals surface area contributed by atoms with Crippen LogP contribution in [0.2, 0.25) is 5.02 Å². The zero-order chi connectivity index (χ0) is 16.8. The molecule has 4 rings (SSSR count). The monoisotopic (exact) mass is 339 g/mol. The van der Waals surface area contributed by atoms with E-state index in [4.69, 9.17) is 20.8 Å². The molecule has 1 heterocycles. The van der Waals surface area contributed by atoms with Crippen LogP contribution in [0, 0.1) is 0 Å². The summed E-state index contributed by atoms with van der Waals surface area (Å²) in [6.45, 7) is 0. The Morgan fingerprint density at radius 3 is 2.67 bits per heavy atom. The van der Waals surface area contributed by atoms with E-state index in [9.17, 15) is 9.59 Å². The molecule has 0 bridgehead atoms. The van der Waals surface area contributed by atoms with Crippen molar-refractivity contribution in [3.63, 3.8) is 0 Å². The molecule has 0 aromatic heterocycles. The highest BCUT2D eigenvalue weighted by atomic mass is 35.5. The second-order valence-corrected chi connectivity index (χ2v) is 5.68. The zero-order valence-electron chi connectivity index (χ0n) is 12.5. The number of nitrogens with zero attached hydrogens (tertiary/aromatic N) is 1. The predicted octanol–water partition coefficient (Wildman–Crippen LogP) is 3.89. The average Bonchev–Trinajstić information content (AvgIpc) is 2.60. The third-order valence-corrected chi connectivity index (χ3v) is 4.09. The molecule has 6 heteroatoms. The van der Waals surface area contributed by atoms with Crippen LogP contribution in [-0.4, -0.2) is 18.1 Å². The van der Waals surface area contributed by atoms with Gasteiger partial charge in [0.25, 0.3) is 0 Å². The van der Waals surface area contributed by atoms with E-state index in [0.717, 1.165) is 0 Å². The Bertz CT molecular complexity index is 1150. The lowest BCUT2D eigenvalue weighted by Gasteiger charge is -2.12. The van der Waals surface area contributed by atoms with Gasteiger partial charge in [-0.2, -0.15) is 0 Å². The molecule has 0 saturated heterocycles. The molecule has 0 N–H and O–H groups in total. The molecule has 0 spiro atoms. The highest BCUT2D eigenvalue weighted by molar-refractivity contribution is 6.31. The number of ether oxygens (including phenoxy) is 1. The molecule has 0 atom stereocenters. The maximum Gasteiger partial charge on any atom is 0.345 e. The van der Waals surface area contributed by atoms with E-state index >= 15 is 0 Å². The fourth-order valence-corrected chi connectivity index (χ4v) is 2.92. The lowest BCUT2D eigenvalue weighted by Crippen LogP contribution is -2.19. The summed E-state index contributed by atoms with van der Waals surface area (Å²) in [5.41, 5.74) is 0.779. The highest BCUT2D eigenvalue weighted by Gasteiger charge is 2.27. The summed E-state index contributed by atoms with van der Waals surface area (Å²) in [5.74, 6) is -0.644. The number of esters is 1. The van der Waals surface area contributed by atoms with Gasteiger partial charge >= 0.3 is 5.97 Å². The van der Waals surface area contributed by atoms with E-state index in [-0.39, 0.29) is 11.3 Å². The van der Waals surface area contributed by atoms with Crippen LogP contribution in [0.5, 0.6) is 0 Å². The number of rotatable bonds is 1. The van der Waals surface area contributed by atoms with E-state index in [1.54, 1.807) is 42.5 Å². The van der Waals surface area contributed by atoms with Gasteiger partial charge in [0.05, 0.1) is 7.11 Å². The smallest absolute Gasteiger partial charge is 0.345 e. The summed E-state index contributed by atoms with van der Waals surface area (Å²) in [6, 6.07) is 11.9. The number of hydrogen-bond acceptors (Lipinski definition) is 5. The molecule has 1 aliphatic heterocycles. The zero-order valence-corrected chi connectivity index (χ0v) is 13.3. The third-order valence-electron chi connectivity index (χ3n) is 3.85. The predicted molar refractivity (Wildman–Crippen MR) is 90.8 cm³/mol. The standard InChI is InChI=1S/C18H10ClNO4/c1-23-18(22)14-16(21)11-5-3-2-4-10(11)15-17(14)24-13-7-6-9(19)8-12(13)20-15/h2-8H,1H3. The van der Waals surface area contributed by atoms with Crippen LogP contribution < -0.4 is 5.43 Å². The van der Waals surface area contributed by atoms with Crippen molar-refractivity contribution in [2.45, 2.75) is 0 Å². The van der Waals surface area contributed by atoms with Crippen molar-refractivity contribution < 1.29 is 13.9 Å². The molecular formula is C18H10ClNO4. The summed E-state index contributed by atoms with van der Waals surface area (Å²) < 4.78 is 10.6. The highest BCUT2D eigenvalue weighted by Crippen LogP contribution is 2.33. The van der Waals surface area contributed by atoms with E-state index in [1.165, 1.54) is 7.11 Å². The third kappa shape index (κ3) is 2.06. The first kappa shape index (κ1) is 14.7. The molecule has 1 aliphatic carbocycles. The first-order chi connectivity index (χ1) is 11.6. The molecule has 118 valence electrons. The quantitative estimate of drug-likeness (QED) is 0.299. The van der Waals surface area contributed by atoms with Gasteiger partial charge in [-0.1, -0.05) is 35.9 Å². The Labute approximate surface area is 140 Å². The van der Waals surface area contributed by atoms with Gasteiger partial charge in [0.1, 0.15) is 11.2 Å². The first-order valence-corrected chi connectivity index (χ1v) is 7.51.